The molecule has 0 unspecified atom stereocenters. The summed E-state index contributed by atoms with van der Waals surface area (Å²) in [4.78, 5) is 0. The van der Waals surface area contributed by atoms with Crippen molar-refractivity contribution in [3.8, 4) is 5.75 Å². The molecule has 0 aliphatic carbocycles. The van der Waals surface area contributed by atoms with E-state index in [9.17, 15) is 8.42 Å². The lowest BCUT2D eigenvalue weighted by Gasteiger charge is -2.19. The van der Waals surface area contributed by atoms with E-state index in [0.717, 1.165) is 11.3 Å². The van der Waals surface area contributed by atoms with Crippen LogP contribution in [0.25, 0.3) is 0 Å². The molecule has 0 aliphatic rings. The van der Waals surface area contributed by atoms with E-state index >= 15 is 0 Å². The van der Waals surface area contributed by atoms with Crippen LogP contribution in [0.15, 0.2) is 24.3 Å². The third kappa shape index (κ3) is 5.67. The topological polar surface area (TPSA) is 55.4 Å². The van der Waals surface area contributed by atoms with Gasteiger partial charge in [0.1, 0.15) is 12.4 Å². The van der Waals surface area contributed by atoms with E-state index in [1.807, 2.05) is 24.3 Å². The van der Waals surface area contributed by atoms with Gasteiger partial charge in [0, 0.05) is 18.2 Å². The smallest absolute Gasteiger partial charge is 0.158 e. The van der Waals surface area contributed by atoms with Gasteiger partial charge in [-0.2, -0.15) is 0 Å². The van der Waals surface area contributed by atoms with Crippen LogP contribution in [-0.2, 0) is 16.4 Å². The van der Waals surface area contributed by atoms with Crippen LogP contribution >= 0.6 is 0 Å². The van der Waals surface area contributed by atoms with Crippen molar-refractivity contribution in [1.29, 1.82) is 0 Å². The zero-order valence-corrected chi connectivity index (χ0v) is 14.5. The highest BCUT2D eigenvalue weighted by Gasteiger charge is 2.28. The second-order valence-electron chi connectivity index (χ2n) is 6.42. The van der Waals surface area contributed by atoms with Crippen LogP contribution in [0.3, 0.4) is 0 Å². The highest BCUT2D eigenvalue weighted by atomic mass is 32.2. The van der Waals surface area contributed by atoms with E-state index in [2.05, 4.69) is 19.2 Å². The zero-order chi connectivity index (χ0) is 16.1. The van der Waals surface area contributed by atoms with Crippen LogP contribution in [0.2, 0.25) is 0 Å². The van der Waals surface area contributed by atoms with E-state index in [0.29, 0.717) is 12.6 Å². The van der Waals surface area contributed by atoms with Crippen molar-refractivity contribution in [3.05, 3.63) is 29.8 Å². The molecule has 1 N–H and O–H groups in total. The molecule has 0 amide bonds. The molecule has 0 radical (unpaired) electrons. The Morgan fingerprint density at radius 2 is 1.81 bits per heavy atom. The van der Waals surface area contributed by atoms with Gasteiger partial charge in [-0.25, -0.2) is 8.42 Å². The minimum absolute atomic E-state index is 0.0302. The molecule has 0 bridgehead atoms. The Kier molecular flexibility index (Phi) is 6.23. The van der Waals surface area contributed by atoms with E-state index in [4.69, 9.17) is 4.74 Å². The standard InChI is InChI=1S/C16H27NO3S/c1-13(2)17-12-14-8-6-7-9-15(14)20-10-11-21(18,19)16(3,4)5/h6-9,13,17H,10-12H2,1-5H3. The first kappa shape index (κ1) is 18.0. The van der Waals surface area contributed by atoms with Gasteiger partial charge in [-0.3, -0.25) is 0 Å². The molecule has 120 valence electrons. The average molecular weight is 313 g/mol. The predicted octanol–water partition coefficient (Wildman–Crippen LogP) is 2.78. The van der Waals surface area contributed by atoms with Gasteiger partial charge in [-0.05, 0) is 26.8 Å². The molecule has 0 spiro atoms. The summed E-state index contributed by atoms with van der Waals surface area (Å²) in [6, 6.07) is 8.10. The van der Waals surface area contributed by atoms with Crippen LogP contribution in [0.1, 0.15) is 40.2 Å². The van der Waals surface area contributed by atoms with E-state index in [-0.39, 0.29) is 12.4 Å². The van der Waals surface area contributed by atoms with Crippen LogP contribution < -0.4 is 10.1 Å². The summed E-state index contributed by atoms with van der Waals surface area (Å²) in [5.74, 6) is 0.775. The molecule has 1 aromatic carbocycles. The maximum atomic E-state index is 12.0. The summed E-state index contributed by atoms with van der Waals surface area (Å²) >= 11 is 0. The summed E-state index contributed by atoms with van der Waals surface area (Å²) < 4.78 is 29.0. The number of rotatable bonds is 7. The van der Waals surface area contributed by atoms with Crippen molar-refractivity contribution >= 4 is 9.84 Å². The molecule has 0 aliphatic heterocycles. The van der Waals surface area contributed by atoms with Crippen molar-refractivity contribution in [1.82, 2.24) is 5.32 Å². The molecule has 0 saturated heterocycles. The molecule has 0 heterocycles. The first-order valence-corrected chi connectivity index (χ1v) is 8.95. The van der Waals surface area contributed by atoms with Crippen molar-refractivity contribution in [2.75, 3.05) is 12.4 Å². The monoisotopic (exact) mass is 313 g/mol. The van der Waals surface area contributed by atoms with Crippen LogP contribution in [0, 0.1) is 0 Å². The predicted molar refractivity (Wildman–Crippen MR) is 87.5 cm³/mol. The van der Waals surface area contributed by atoms with Crippen molar-refractivity contribution in [2.45, 2.75) is 52.0 Å². The normalized spacial score (nSPS) is 12.7. The number of para-hydroxylation sites is 1. The second-order valence-corrected chi connectivity index (χ2v) is 9.29. The van der Waals surface area contributed by atoms with Gasteiger partial charge in [-0.1, -0.05) is 32.0 Å². The quantitative estimate of drug-likeness (QED) is 0.841. The summed E-state index contributed by atoms with van der Waals surface area (Å²) in [6.07, 6.45) is 0. The van der Waals surface area contributed by atoms with Crippen molar-refractivity contribution in [2.24, 2.45) is 0 Å². The molecule has 21 heavy (non-hydrogen) atoms. The zero-order valence-electron chi connectivity index (χ0n) is 13.6. The maximum Gasteiger partial charge on any atom is 0.158 e. The number of sulfone groups is 1. The molecule has 1 rings (SSSR count). The molecule has 5 heteroatoms. The lowest BCUT2D eigenvalue weighted by Crippen LogP contribution is -2.32. The Hall–Kier alpha value is -1.07. The van der Waals surface area contributed by atoms with Crippen LogP contribution in [-0.4, -0.2) is 31.6 Å². The number of ether oxygens (including phenoxy) is 1. The van der Waals surface area contributed by atoms with Gasteiger partial charge in [0.2, 0.25) is 0 Å². The van der Waals surface area contributed by atoms with E-state index in [1.165, 1.54) is 0 Å². The first-order chi connectivity index (χ1) is 9.63. The van der Waals surface area contributed by atoms with Gasteiger partial charge in [0.15, 0.2) is 9.84 Å². The minimum atomic E-state index is -3.15. The van der Waals surface area contributed by atoms with Gasteiger partial charge < -0.3 is 10.1 Å². The molecular formula is C16H27NO3S. The number of hydrogen-bond acceptors (Lipinski definition) is 4. The van der Waals surface area contributed by atoms with Crippen molar-refractivity contribution < 1.29 is 13.2 Å². The molecule has 0 atom stereocenters. The van der Waals surface area contributed by atoms with E-state index < -0.39 is 14.6 Å². The van der Waals surface area contributed by atoms with Crippen LogP contribution in [0.4, 0.5) is 0 Å². The molecule has 4 nitrogen and oxygen atoms in total. The number of nitrogens with one attached hydrogen (secondary N) is 1. The molecule has 0 aromatic heterocycles. The van der Waals surface area contributed by atoms with Crippen molar-refractivity contribution in [3.63, 3.8) is 0 Å². The molecular weight excluding hydrogens is 286 g/mol. The fourth-order valence-corrected chi connectivity index (χ4v) is 2.59. The third-order valence-electron chi connectivity index (χ3n) is 3.22. The fourth-order valence-electron chi connectivity index (χ4n) is 1.67. The highest BCUT2D eigenvalue weighted by Crippen LogP contribution is 2.19. The Morgan fingerprint density at radius 3 is 2.38 bits per heavy atom. The number of hydrogen-bond donors (Lipinski definition) is 1. The summed E-state index contributed by atoms with van der Waals surface area (Å²) in [7, 11) is -3.15. The number of benzene rings is 1. The molecule has 0 saturated carbocycles. The molecule has 1 aromatic rings. The Labute approximate surface area is 128 Å². The highest BCUT2D eigenvalue weighted by molar-refractivity contribution is 7.92. The summed E-state index contributed by atoms with van der Waals surface area (Å²) in [5.41, 5.74) is 1.04. The summed E-state index contributed by atoms with van der Waals surface area (Å²) in [6.45, 7) is 10.2. The lowest BCUT2D eigenvalue weighted by atomic mass is 10.2. The van der Waals surface area contributed by atoms with Gasteiger partial charge in [-0.15, -0.1) is 0 Å². The minimum Gasteiger partial charge on any atom is -0.492 e. The lowest BCUT2D eigenvalue weighted by molar-refractivity contribution is 0.334. The third-order valence-corrected chi connectivity index (χ3v) is 5.79. The Bertz CT molecular complexity index is 545. The average Bonchev–Trinajstić information content (AvgIpc) is 2.36. The Morgan fingerprint density at radius 1 is 1.19 bits per heavy atom. The Balaban J connectivity index is 2.64. The summed E-state index contributed by atoms with van der Waals surface area (Å²) in [5, 5.41) is 3.33. The fraction of sp³-hybridized carbons (Fsp3) is 0.625. The SMILES string of the molecule is CC(C)NCc1ccccc1OCCS(=O)(=O)C(C)(C)C. The largest absolute Gasteiger partial charge is 0.492 e. The van der Waals surface area contributed by atoms with Gasteiger partial charge in [0.25, 0.3) is 0 Å². The molecule has 0 fully saturated rings. The first-order valence-electron chi connectivity index (χ1n) is 7.30. The van der Waals surface area contributed by atoms with Gasteiger partial charge >= 0.3 is 0 Å². The second kappa shape index (κ2) is 7.27. The van der Waals surface area contributed by atoms with E-state index in [1.54, 1.807) is 20.8 Å². The van der Waals surface area contributed by atoms with Gasteiger partial charge in [0.05, 0.1) is 10.5 Å². The van der Waals surface area contributed by atoms with Crippen LogP contribution in [0.5, 0.6) is 5.75 Å². The maximum absolute atomic E-state index is 12.0.